The second kappa shape index (κ2) is 7.76. The average molecular weight is 374 g/mol. The van der Waals surface area contributed by atoms with Gasteiger partial charge in [-0.05, 0) is 28.1 Å². The van der Waals surface area contributed by atoms with Gasteiger partial charge in [-0.2, -0.15) is 5.10 Å². The van der Waals surface area contributed by atoms with Gasteiger partial charge < -0.3 is 0 Å². The molecule has 0 heterocycles. The first-order chi connectivity index (χ1) is 14.4. The highest BCUT2D eigenvalue weighted by atomic mass is 15.3. The van der Waals surface area contributed by atoms with Gasteiger partial charge in [0.1, 0.15) is 0 Å². The highest BCUT2D eigenvalue weighted by molar-refractivity contribution is 6.02. The molecule has 5 rings (SSSR count). The number of hydrogen-bond donors (Lipinski definition) is 1. The molecule has 0 radical (unpaired) electrons. The van der Waals surface area contributed by atoms with Crippen molar-refractivity contribution in [3.05, 3.63) is 120 Å². The zero-order valence-corrected chi connectivity index (χ0v) is 16.1. The number of fused-ring (bicyclic) bond motifs is 2. The van der Waals surface area contributed by atoms with Gasteiger partial charge in [0.25, 0.3) is 0 Å². The minimum absolute atomic E-state index is 0.347. The van der Waals surface area contributed by atoms with Gasteiger partial charge in [-0.3, -0.25) is 5.43 Å². The fourth-order valence-electron chi connectivity index (χ4n) is 4.02. The van der Waals surface area contributed by atoms with E-state index in [0.29, 0.717) is 5.92 Å². The molecule has 140 valence electrons. The van der Waals surface area contributed by atoms with E-state index in [1.54, 1.807) is 0 Å². The van der Waals surface area contributed by atoms with E-state index in [1.165, 1.54) is 21.9 Å². The number of benzene rings is 4. The number of nitrogens with one attached hydrogen (secondary N) is 1. The van der Waals surface area contributed by atoms with E-state index in [4.69, 9.17) is 5.10 Å². The number of hydrogen-bond acceptors (Lipinski definition) is 2. The van der Waals surface area contributed by atoms with E-state index in [1.807, 2.05) is 6.07 Å². The summed E-state index contributed by atoms with van der Waals surface area (Å²) in [5.41, 5.74) is 9.27. The van der Waals surface area contributed by atoms with Gasteiger partial charge in [-0.25, -0.2) is 0 Å². The lowest BCUT2D eigenvalue weighted by atomic mass is 9.93. The summed E-state index contributed by atoms with van der Waals surface area (Å²) in [7, 11) is 0. The molecule has 0 spiro atoms. The Morgan fingerprint density at radius 3 is 2.45 bits per heavy atom. The molecule has 1 aliphatic rings. The lowest BCUT2D eigenvalue weighted by Crippen LogP contribution is -2.09. The molecule has 0 fully saturated rings. The summed E-state index contributed by atoms with van der Waals surface area (Å²) < 4.78 is 0. The van der Waals surface area contributed by atoms with Gasteiger partial charge >= 0.3 is 0 Å². The van der Waals surface area contributed by atoms with Crippen molar-refractivity contribution in [2.45, 2.75) is 12.3 Å². The van der Waals surface area contributed by atoms with E-state index in [9.17, 15) is 0 Å². The van der Waals surface area contributed by atoms with Gasteiger partial charge in [-0.1, -0.05) is 103 Å². The van der Waals surface area contributed by atoms with Crippen molar-refractivity contribution in [2.75, 3.05) is 5.43 Å². The predicted octanol–water partition coefficient (Wildman–Crippen LogP) is 6.86. The van der Waals surface area contributed by atoms with Crippen molar-refractivity contribution in [1.82, 2.24) is 0 Å². The molecular formula is C27H22N2. The Morgan fingerprint density at radius 2 is 1.52 bits per heavy atom. The number of hydrazone groups is 1. The van der Waals surface area contributed by atoms with Crippen LogP contribution in [0.25, 0.3) is 16.8 Å². The van der Waals surface area contributed by atoms with Crippen LogP contribution in [0, 0.1) is 0 Å². The molecule has 1 unspecified atom stereocenters. The molecular weight excluding hydrogens is 352 g/mol. The van der Waals surface area contributed by atoms with Crippen LogP contribution in [0.15, 0.2) is 108 Å². The summed E-state index contributed by atoms with van der Waals surface area (Å²) in [6.07, 6.45) is 5.37. The van der Waals surface area contributed by atoms with Crippen LogP contribution in [-0.2, 0) is 0 Å². The Morgan fingerprint density at radius 1 is 0.759 bits per heavy atom. The van der Waals surface area contributed by atoms with Gasteiger partial charge in [0.05, 0.1) is 11.4 Å². The SMILES string of the molecule is C1=CC(CC(=NNc2cccc3ccccc23)c2ccccc2)c2ccccc21. The molecule has 4 aromatic rings. The van der Waals surface area contributed by atoms with Crippen LogP contribution in [0.1, 0.15) is 29.0 Å². The van der Waals surface area contributed by atoms with Crippen LogP contribution in [-0.4, -0.2) is 5.71 Å². The highest BCUT2D eigenvalue weighted by Crippen LogP contribution is 2.33. The molecule has 4 aromatic carbocycles. The van der Waals surface area contributed by atoms with Crippen molar-refractivity contribution in [1.29, 1.82) is 0 Å². The number of anilines is 1. The minimum atomic E-state index is 0.347. The maximum atomic E-state index is 4.88. The molecule has 0 saturated carbocycles. The third-order valence-electron chi connectivity index (χ3n) is 5.52. The normalized spacial score (nSPS) is 15.4. The van der Waals surface area contributed by atoms with Crippen LogP contribution in [0.2, 0.25) is 0 Å². The average Bonchev–Trinajstić information content (AvgIpc) is 3.20. The monoisotopic (exact) mass is 374 g/mol. The summed E-state index contributed by atoms with van der Waals surface area (Å²) in [4.78, 5) is 0. The van der Waals surface area contributed by atoms with E-state index in [0.717, 1.165) is 23.4 Å². The Labute approximate surface area is 171 Å². The van der Waals surface area contributed by atoms with E-state index < -0.39 is 0 Å². The molecule has 29 heavy (non-hydrogen) atoms. The van der Waals surface area contributed by atoms with Crippen LogP contribution < -0.4 is 5.43 Å². The molecule has 1 N–H and O–H groups in total. The molecule has 1 atom stereocenters. The topological polar surface area (TPSA) is 24.4 Å². The smallest absolute Gasteiger partial charge is 0.0688 e. The molecule has 0 aliphatic heterocycles. The molecule has 2 heteroatoms. The highest BCUT2D eigenvalue weighted by Gasteiger charge is 2.19. The lowest BCUT2D eigenvalue weighted by Gasteiger charge is -2.14. The first kappa shape index (κ1) is 17.4. The third kappa shape index (κ3) is 3.57. The maximum absolute atomic E-state index is 4.88. The Balaban J connectivity index is 1.49. The first-order valence-electron chi connectivity index (χ1n) is 10.0. The summed E-state index contributed by atoms with van der Waals surface area (Å²) in [5.74, 6) is 0.347. The van der Waals surface area contributed by atoms with Crippen LogP contribution in [0.3, 0.4) is 0 Å². The Kier molecular flexibility index (Phi) is 4.67. The van der Waals surface area contributed by atoms with Crippen molar-refractivity contribution in [3.63, 3.8) is 0 Å². The lowest BCUT2D eigenvalue weighted by molar-refractivity contribution is 0.907. The summed E-state index contributed by atoms with van der Waals surface area (Å²) >= 11 is 0. The second-order valence-electron chi connectivity index (χ2n) is 7.36. The van der Waals surface area contributed by atoms with Crippen LogP contribution in [0.5, 0.6) is 0 Å². The van der Waals surface area contributed by atoms with Crippen LogP contribution >= 0.6 is 0 Å². The van der Waals surface area contributed by atoms with Gasteiger partial charge in [0.15, 0.2) is 0 Å². The van der Waals surface area contributed by atoms with E-state index in [-0.39, 0.29) is 0 Å². The Bertz CT molecular complexity index is 1200. The fourth-order valence-corrected chi connectivity index (χ4v) is 4.02. The van der Waals surface area contributed by atoms with Gasteiger partial charge in [-0.15, -0.1) is 0 Å². The minimum Gasteiger partial charge on any atom is -0.278 e. The van der Waals surface area contributed by atoms with E-state index >= 15 is 0 Å². The second-order valence-corrected chi connectivity index (χ2v) is 7.36. The van der Waals surface area contributed by atoms with Crippen molar-refractivity contribution in [3.8, 4) is 0 Å². The van der Waals surface area contributed by atoms with E-state index in [2.05, 4.69) is 109 Å². The Hall–Kier alpha value is -3.65. The third-order valence-corrected chi connectivity index (χ3v) is 5.52. The van der Waals surface area contributed by atoms with Crippen molar-refractivity contribution >= 4 is 28.2 Å². The van der Waals surface area contributed by atoms with Crippen molar-refractivity contribution in [2.24, 2.45) is 5.10 Å². The fraction of sp³-hybridized carbons (Fsp3) is 0.0741. The first-order valence-corrected chi connectivity index (χ1v) is 10.0. The molecule has 0 saturated heterocycles. The molecule has 0 amide bonds. The van der Waals surface area contributed by atoms with Crippen LogP contribution in [0.4, 0.5) is 5.69 Å². The molecule has 0 bridgehead atoms. The maximum Gasteiger partial charge on any atom is 0.0688 e. The largest absolute Gasteiger partial charge is 0.278 e. The summed E-state index contributed by atoms with van der Waals surface area (Å²) in [6, 6.07) is 33.7. The van der Waals surface area contributed by atoms with Gasteiger partial charge in [0, 0.05) is 17.7 Å². The number of allylic oxidation sites excluding steroid dienone is 1. The number of rotatable bonds is 5. The quantitative estimate of drug-likeness (QED) is 0.299. The standard InChI is InChI=1S/C27H22N2/c1-2-11-22(12-3-1)27(19-23-18-17-21-10-4-6-14-24(21)23)29-28-26-16-8-13-20-9-5-7-15-25(20)26/h1-18,23,28H,19H2. The molecule has 2 nitrogen and oxygen atoms in total. The zero-order chi connectivity index (χ0) is 19.5. The van der Waals surface area contributed by atoms with Gasteiger partial charge in [0.2, 0.25) is 0 Å². The molecule has 0 aromatic heterocycles. The predicted molar refractivity (Wildman–Crippen MR) is 123 cm³/mol. The molecule has 1 aliphatic carbocycles. The summed E-state index contributed by atoms with van der Waals surface area (Å²) in [5, 5.41) is 7.27. The zero-order valence-electron chi connectivity index (χ0n) is 16.1. The van der Waals surface area contributed by atoms with Crippen molar-refractivity contribution < 1.29 is 0 Å². The number of nitrogens with zero attached hydrogens (tertiary/aromatic N) is 1. The summed E-state index contributed by atoms with van der Waals surface area (Å²) in [6.45, 7) is 0.